The summed E-state index contributed by atoms with van der Waals surface area (Å²) in [7, 11) is 2.13. The SMILES string of the molecule is Cc1cc2c(cc1N(C)C1CCC(O)CC1)OCO2. The fraction of sp³-hybridized carbons (Fsp3) is 0.600. The van der Waals surface area contributed by atoms with Crippen LogP contribution < -0.4 is 14.4 Å². The molecule has 1 saturated carbocycles. The van der Waals surface area contributed by atoms with Crippen LogP contribution in [0.4, 0.5) is 5.69 Å². The Balaban J connectivity index is 1.81. The van der Waals surface area contributed by atoms with Gasteiger partial charge in [0.25, 0.3) is 0 Å². The number of rotatable bonds is 2. The van der Waals surface area contributed by atoms with Crippen LogP contribution in [0, 0.1) is 6.92 Å². The van der Waals surface area contributed by atoms with Gasteiger partial charge in [0.1, 0.15) is 0 Å². The van der Waals surface area contributed by atoms with Crippen LogP contribution in [-0.4, -0.2) is 31.1 Å². The molecule has 19 heavy (non-hydrogen) atoms. The second-order valence-corrected chi connectivity index (χ2v) is 5.57. The van der Waals surface area contributed by atoms with E-state index in [0.717, 1.165) is 37.2 Å². The number of nitrogens with zero attached hydrogens (tertiary/aromatic N) is 1. The third-order valence-electron chi connectivity index (χ3n) is 4.29. The summed E-state index contributed by atoms with van der Waals surface area (Å²) in [6.07, 6.45) is 3.79. The largest absolute Gasteiger partial charge is 0.454 e. The van der Waals surface area contributed by atoms with Gasteiger partial charge in [0, 0.05) is 24.8 Å². The van der Waals surface area contributed by atoms with E-state index in [-0.39, 0.29) is 6.10 Å². The molecular weight excluding hydrogens is 242 g/mol. The Labute approximate surface area is 113 Å². The van der Waals surface area contributed by atoms with Crippen molar-refractivity contribution in [3.63, 3.8) is 0 Å². The Kier molecular flexibility index (Phi) is 3.27. The van der Waals surface area contributed by atoms with Gasteiger partial charge in [-0.2, -0.15) is 0 Å². The van der Waals surface area contributed by atoms with Crippen LogP contribution in [0.2, 0.25) is 0 Å². The predicted molar refractivity (Wildman–Crippen MR) is 74.0 cm³/mol. The van der Waals surface area contributed by atoms with Gasteiger partial charge in [-0.3, -0.25) is 0 Å². The molecule has 104 valence electrons. The highest BCUT2D eigenvalue weighted by molar-refractivity contribution is 5.62. The molecule has 4 nitrogen and oxygen atoms in total. The van der Waals surface area contributed by atoms with E-state index in [1.807, 2.05) is 6.07 Å². The maximum atomic E-state index is 9.61. The maximum Gasteiger partial charge on any atom is 0.231 e. The van der Waals surface area contributed by atoms with Gasteiger partial charge in [-0.25, -0.2) is 0 Å². The summed E-state index contributed by atoms with van der Waals surface area (Å²) in [5, 5.41) is 9.61. The summed E-state index contributed by atoms with van der Waals surface area (Å²) >= 11 is 0. The molecule has 1 aromatic rings. The molecule has 0 radical (unpaired) electrons. The molecule has 1 aromatic carbocycles. The van der Waals surface area contributed by atoms with E-state index in [1.54, 1.807) is 0 Å². The second kappa shape index (κ2) is 4.93. The summed E-state index contributed by atoms with van der Waals surface area (Å²) in [6.45, 7) is 2.42. The van der Waals surface area contributed by atoms with Gasteiger partial charge in [-0.1, -0.05) is 0 Å². The van der Waals surface area contributed by atoms with Crippen molar-refractivity contribution >= 4 is 5.69 Å². The number of benzene rings is 1. The highest BCUT2D eigenvalue weighted by Crippen LogP contribution is 2.39. The van der Waals surface area contributed by atoms with Crippen molar-refractivity contribution in [3.05, 3.63) is 17.7 Å². The van der Waals surface area contributed by atoms with E-state index in [2.05, 4.69) is 24.9 Å². The zero-order chi connectivity index (χ0) is 13.4. The summed E-state index contributed by atoms with van der Waals surface area (Å²) < 4.78 is 10.9. The van der Waals surface area contributed by atoms with Gasteiger partial charge in [0.05, 0.1) is 6.10 Å². The first-order valence-corrected chi connectivity index (χ1v) is 6.96. The first-order chi connectivity index (χ1) is 9.15. The molecule has 4 heteroatoms. The third-order valence-corrected chi connectivity index (χ3v) is 4.29. The van der Waals surface area contributed by atoms with Crippen molar-refractivity contribution in [2.24, 2.45) is 0 Å². The standard InChI is InChI=1S/C15H21NO3/c1-10-7-14-15(19-9-18-14)8-13(10)16(2)11-3-5-12(17)6-4-11/h7-8,11-12,17H,3-6,9H2,1-2H3. The topological polar surface area (TPSA) is 41.9 Å². The molecule has 1 N–H and O–H groups in total. The molecule has 1 heterocycles. The molecule has 3 rings (SSSR count). The number of fused-ring (bicyclic) bond motifs is 1. The fourth-order valence-electron chi connectivity index (χ4n) is 3.06. The summed E-state index contributed by atoms with van der Waals surface area (Å²) in [5.41, 5.74) is 2.41. The van der Waals surface area contributed by atoms with Gasteiger partial charge < -0.3 is 19.5 Å². The van der Waals surface area contributed by atoms with Crippen LogP contribution in [0.1, 0.15) is 31.2 Å². The number of anilines is 1. The van der Waals surface area contributed by atoms with Crippen LogP contribution >= 0.6 is 0 Å². The van der Waals surface area contributed by atoms with Crippen LogP contribution in [0.3, 0.4) is 0 Å². The summed E-state index contributed by atoms with van der Waals surface area (Å²) in [5.74, 6) is 1.68. The number of aliphatic hydroxyl groups is 1. The molecule has 0 saturated heterocycles. The lowest BCUT2D eigenvalue weighted by Gasteiger charge is -2.35. The smallest absolute Gasteiger partial charge is 0.231 e. The minimum absolute atomic E-state index is 0.109. The average Bonchev–Trinajstić information content (AvgIpc) is 2.85. The number of hydrogen-bond acceptors (Lipinski definition) is 4. The lowest BCUT2D eigenvalue weighted by atomic mass is 9.91. The Morgan fingerprint density at radius 1 is 1.11 bits per heavy atom. The van der Waals surface area contributed by atoms with Gasteiger partial charge in [0.2, 0.25) is 6.79 Å². The minimum atomic E-state index is -0.109. The van der Waals surface area contributed by atoms with Gasteiger partial charge in [-0.15, -0.1) is 0 Å². The van der Waals surface area contributed by atoms with Crippen LogP contribution in [0.15, 0.2) is 12.1 Å². The molecule has 0 atom stereocenters. The van der Waals surface area contributed by atoms with Crippen LogP contribution in [0.25, 0.3) is 0 Å². The first kappa shape index (κ1) is 12.6. The lowest BCUT2D eigenvalue weighted by Crippen LogP contribution is -2.36. The van der Waals surface area contributed by atoms with E-state index in [1.165, 1.54) is 11.3 Å². The zero-order valence-corrected chi connectivity index (χ0v) is 11.6. The van der Waals surface area contributed by atoms with Crippen LogP contribution in [0.5, 0.6) is 11.5 Å². The van der Waals surface area contributed by atoms with E-state index >= 15 is 0 Å². The fourth-order valence-corrected chi connectivity index (χ4v) is 3.06. The van der Waals surface area contributed by atoms with Crippen molar-refractivity contribution in [2.45, 2.75) is 44.8 Å². The lowest BCUT2D eigenvalue weighted by molar-refractivity contribution is 0.122. The highest BCUT2D eigenvalue weighted by atomic mass is 16.7. The van der Waals surface area contributed by atoms with Crippen LogP contribution in [-0.2, 0) is 0 Å². The van der Waals surface area contributed by atoms with E-state index in [0.29, 0.717) is 12.8 Å². The van der Waals surface area contributed by atoms with Crippen molar-refractivity contribution in [3.8, 4) is 11.5 Å². The zero-order valence-electron chi connectivity index (χ0n) is 11.6. The molecular formula is C15H21NO3. The van der Waals surface area contributed by atoms with Gasteiger partial charge >= 0.3 is 0 Å². The Hall–Kier alpha value is -1.42. The maximum absolute atomic E-state index is 9.61. The summed E-state index contributed by atoms with van der Waals surface area (Å²) in [4.78, 5) is 2.32. The van der Waals surface area contributed by atoms with Crippen molar-refractivity contribution in [1.82, 2.24) is 0 Å². The third kappa shape index (κ3) is 2.37. The molecule has 0 bridgehead atoms. The second-order valence-electron chi connectivity index (χ2n) is 5.57. The highest BCUT2D eigenvalue weighted by Gasteiger charge is 2.25. The first-order valence-electron chi connectivity index (χ1n) is 6.96. The van der Waals surface area contributed by atoms with Crippen molar-refractivity contribution < 1.29 is 14.6 Å². The molecule has 0 spiro atoms. The Bertz CT molecular complexity index is 467. The minimum Gasteiger partial charge on any atom is -0.454 e. The molecule has 0 amide bonds. The van der Waals surface area contributed by atoms with Gasteiger partial charge in [0.15, 0.2) is 11.5 Å². The number of hydrogen-bond donors (Lipinski definition) is 1. The molecule has 2 aliphatic rings. The molecule has 0 unspecified atom stereocenters. The number of ether oxygens (including phenoxy) is 2. The van der Waals surface area contributed by atoms with E-state index in [4.69, 9.17) is 9.47 Å². The quantitative estimate of drug-likeness (QED) is 0.890. The van der Waals surface area contributed by atoms with Gasteiger partial charge in [-0.05, 0) is 44.2 Å². The number of aryl methyl sites for hydroxylation is 1. The normalized spacial score (nSPS) is 25.4. The predicted octanol–water partition coefficient (Wildman–Crippen LogP) is 2.46. The summed E-state index contributed by atoms with van der Waals surface area (Å²) in [6, 6.07) is 4.62. The Morgan fingerprint density at radius 3 is 2.42 bits per heavy atom. The molecule has 1 aliphatic heterocycles. The Morgan fingerprint density at radius 2 is 1.74 bits per heavy atom. The van der Waals surface area contributed by atoms with Crippen molar-refractivity contribution in [2.75, 3.05) is 18.7 Å². The van der Waals surface area contributed by atoms with E-state index in [9.17, 15) is 5.11 Å². The van der Waals surface area contributed by atoms with Crippen molar-refractivity contribution in [1.29, 1.82) is 0 Å². The average molecular weight is 263 g/mol. The molecule has 1 aliphatic carbocycles. The monoisotopic (exact) mass is 263 g/mol. The van der Waals surface area contributed by atoms with E-state index < -0.39 is 0 Å². The number of aliphatic hydroxyl groups excluding tert-OH is 1. The molecule has 0 aromatic heterocycles. The molecule has 1 fully saturated rings.